The Balaban J connectivity index is 1.53. The molecule has 2 aromatic heterocycles. The molecule has 0 bridgehead atoms. The van der Waals surface area contributed by atoms with Crippen molar-refractivity contribution in [2.24, 2.45) is 5.73 Å². The molecule has 1 fully saturated rings. The smallest absolute Gasteiger partial charge is 0.275 e. The van der Waals surface area contributed by atoms with E-state index in [1.807, 2.05) is 6.07 Å². The van der Waals surface area contributed by atoms with Gasteiger partial charge in [0.25, 0.3) is 5.91 Å². The minimum Gasteiger partial charge on any atom is -0.399 e. The molecule has 1 aliphatic rings. The van der Waals surface area contributed by atoms with Crippen LogP contribution in [0.1, 0.15) is 23.3 Å². The van der Waals surface area contributed by atoms with Crippen LogP contribution in [0.25, 0.3) is 10.6 Å². The topological polar surface area (TPSA) is 155 Å². The second kappa shape index (κ2) is 8.36. The summed E-state index contributed by atoms with van der Waals surface area (Å²) in [7, 11) is 1.75. The molecule has 0 saturated carbocycles. The molecule has 0 radical (unpaired) electrons. The van der Waals surface area contributed by atoms with Gasteiger partial charge in [-0.15, -0.1) is 11.3 Å². The molecule has 0 spiro atoms. The van der Waals surface area contributed by atoms with Crippen molar-refractivity contribution in [1.29, 1.82) is 0 Å². The van der Waals surface area contributed by atoms with E-state index in [-0.39, 0.29) is 11.8 Å². The zero-order valence-corrected chi connectivity index (χ0v) is 17.8. The largest absolute Gasteiger partial charge is 0.399 e. The lowest BCUT2D eigenvalue weighted by Crippen LogP contribution is -2.59. The lowest BCUT2D eigenvalue weighted by Gasteiger charge is -2.41. The molecule has 0 atom stereocenters. The molecule has 1 aliphatic heterocycles. The molecule has 3 heterocycles. The fraction of sp³-hybridized carbons (Fsp3) is 0.300. The van der Waals surface area contributed by atoms with E-state index < -0.39 is 5.54 Å². The number of nitrogens with zero attached hydrogens (tertiary/aromatic N) is 3. The molecule has 1 aromatic carbocycles. The molecular formula is C20H24N8O2S. The number of hydrogen-bond donors (Lipinski definition) is 5. The average Bonchev–Trinajstić information content (AvgIpc) is 3.46. The van der Waals surface area contributed by atoms with Crippen molar-refractivity contribution < 1.29 is 9.59 Å². The highest BCUT2D eigenvalue weighted by molar-refractivity contribution is 7.13. The van der Waals surface area contributed by atoms with Crippen LogP contribution in [0.15, 0.2) is 36.0 Å². The van der Waals surface area contributed by atoms with Crippen LogP contribution in [0.5, 0.6) is 0 Å². The van der Waals surface area contributed by atoms with Crippen LogP contribution < -0.4 is 27.0 Å². The molecule has 4 rings (SSSR count). The molecule has 7 N–H and O–H groups in total. The minimum atomic E-state index is -0.711. The Morgan fingerprint density at radius 2 is 2.06 bits per heavy atom. The number of nitrogen functional groups attached to an aromatic ring is 1. The van der Waals surface area contributed by atoms with Gasteiger partial charge in [-0.2, -0.15) is 5.10 Å². The van der Waals surface area contributed by atoms with Gasteiger partial charge in [-0.3, -0.25) is 14.7 Å². The third-order valence-electron chi connectivity index (χ3n) is 5.66. The predicted molar refractivity (Wildman–Crippen MR) is 121 cm³/mol. The number of H-pyrrole nitrogens is 1. The number of carbonyl (C=O) groups excluding carboxylic acids is 2. The molecule has 0 aliphatic carbocycles. The number of piperidine rings is 1. The summed E-state index contributed by atoms with van der Waals surface area (Å²) >= 11 is 1.37. The standard InChI is InChI=1S/C20H24N8O2S/c1-23-20(19(22)30)4-6-28(7-5-20)16-3-2-13(21)8-14(16)26-17(29)15-11-31-18(27-15)12-9-24-25-10-12/h2-3,8-11,23H,4-7,21H2,1H3,(H2,22,30)(H,24,25)(H,26,29). The van der Waals surface area contributed by atoms with E-state index >= 15 is 0 Å². The number of benzene rings is 1. The van der Waals surface area contributed by atoms with Gasteiger partial charge in [-0.1, -0.05) is 0 Å². The van der Waals surface area contributed by atoms with Crippen LogP contribution >= 0.6 is 11.3 Å². The number of nitrogens with one attached hydrogen (secondary N) is 3. The summed E-state index contributed by atoms with van der Waals surface area (Å²) in [5.41, 5.74) is 14.0. The quantitative estimate of drug-likeness (QED) is 0.363. The Bertz CT molecular complexity index is 1090. The van der Waals surface area contributed by atoms with E-state index in [1.54, 1.807) is 37.0 Å². The third-order valence-corrected chi connectivity index (χ3v) is 6.55. The molecule has 10 nitrogen and oxygen atoms in total. The lowest BCUT2D eigenvalue weighted by molar-refractivity contribution is -0.125. The normalized spacial score (nSPS) is 15.6. The van der Waals surface area contributed by atoms with E-state index in [0.717, 1.165) is 11.3 Å². The van der Waals surface area contributed by atoms with Gasteiger partial charge in [0.05, 0.1) is 17.6 Å². The summed E-state index contributed by atoms with van der Waals surface area (Å²) in [6.45, 7) is 1.22. The first-order chi connectivity index (χ1) is 14.9. The second-order valence-electron chi connectivity index (χ2n) is 7.44. The summed E-state index contributed by atoms with van der Waals surface area (Å²) in [4.78, 5) is 31.3. The van der Waals surface area contributed by atoms with Crippen LogP contribution in [0.2, 0.25) is 0 Å². The maximum absolute atomic E-state index is 12.9. The van der Waals surface area contributed by atoms with Crippen LogP contribution in [0.3, 0.4) is 0 Å². The second-order valence-corrected chi connectivity index (χ2v) is 8.30. The molecule has 1 saturated heterocycles. The summed E-state index contributed by atoms with van der Waals surface area (Å²) in [5.74, 6) is -0.672. The van der Waals surface area contributed by atoms with Crippen molar-refractivity contribution >= 4 is 40.2 Å². The Morgan fingerprint density at radius 3 is 2.71 bits per heavy atom. The number of anilines is 3. The van der Waals surface area contributed by atoms with E-state index in [4.69, 9.17) is 11.5 Å². The number of thiazole rings is 1. The van der Waals surface area contributed by atoms with Crippen molar-refractivity contribution in [2.75, 3.05) is 36.1 Å². The SMILES string of the molecule is CNC1(C(N)=O)CCN(c2ccc(N)cc2NC(=O)c2csc(-c3cn[nH]c3)n2)CC1. The summed E-state index contributed by atoms with van der Waals surface area (Å²) in [6.07, 6.45) is 4.52. The van der Waals surface area contributed by atoms with Crippen molar-refractivity contribution in [2.45, 2.75) is 18.4 Å². The number of primary amides is 1. The van der Waals surface area contributed by atoms with Gasteiger partial charge in [-0.05, 0) is 38.1 Å². The first-order valence-electron chi connectivity index (χ1n) is 9.81. The number of aromatic nitrogens is 3. The first kappa shape index (κ1) is 20.8. The van der Waals surface area contributed by atoms with E-state index in [2.05, 4.69) is 30.7 Å². The van der Waals surface area contributed by atoms with Crippen molar-refractivity contribution in [3.63, 3.8) is 0 Å². The molecule has 162 valence electrons. The molecule has 11 heteroatoms. The van der Waals surface area contributed by atoms with E-state index in [9.17, 15) is 9.59 Å². The van der Waals surface area contributed by atoms with Crippen molar-refractivity contribution in [3.8, 4) is 10.6 Å². The van der Waals surface area contributed by atoms with Crippen molar-refractivity contribution in [1.82, 2.24) is 20.5 Å². The van der Waals surface area contributed by atoms with Gasteiger partial charge in [0.1, 0.15) is 16.2 Å². The Kier molecular flexibility index (Phi) is 5.61. The van der Waals surface area contributed by atoms with Crippen LogP contribution in [0, 0.1) is 0 Å². The Hall–Kier alpha value is -3.44. The van der Waals surface area contributed by atoms with Crippen molar-refractivity contribution in [3.05, 3.63) is 41.7 Å². The first-order valence-corrected chi connectivity index (χ1v) is 10.7. The maximum atomic E-state index is 12.9. The number of hydrogen-bond acceptors (Lipinski definition) is 8. The monoisotopic (exact) mass is 440 g/mol. The number of nitrogens with two attached hydrogens (primary N) is 2. The summed E-state index contributed by atoms with van der Waals surface area (Å²) in [5, 5.41) is 15.1. The molecule has 3 aromatic rings. The summed E-state index contributed by atoms with van der Waals surface area (Å²) < 4.78 is 0. The Morgan fingerprint density at radius 1 is 1.29 bits per heavy atom. The predicted octanol–water partition coefficient (Wildman–Crippen LogP) is 1.41. The molecular weight excluding hydrogens is 416 g/mol. The van der Waals surface area contributed by atoms with Crippen LogP contribution in [-0.4, -0.2) is 52.7 Å². The molecule has 2 amide bonds. The van der Waals surface area contributed by atoms with Gasteiger partial charge < -0.3 is 27.0 Å². The Labute approximate surface area is 183 Å². The number of likely N-dealkylation sites (N-methyl/N-ethyl adjacent to an activating group) is 1. The highest BCUT2D eigenvalue weighted by Crippen LogP contribution is 2.33. The molecule has 0 unspecified atom stereocenters. The van der Waals surface area contributed by atoms with Gasteiger partial charge in [0.15, 0.2) is 0 Å². The maximum Gasteiger partial charge on any atom is 0.275 e. The zero-order valence-electron chi connectivity index (χ0n) is 17.0. The van der Waals surface area contributed by atoms with Gasteiger partial charge in [-0.25, -0.2) is 4.98 Å². The zero-order chi connectivity index (χ0) is 22.0. The highest BCUT2D eigenvalue weighted by atomic mass is 32.1. The van der Waals surface area contributed by atoms with E-state index in [0.29, 0.717) is 48.0 Å². The van der Waals surface area contributed by atoms with Gasteiger partial charge >= 0.3 is 0 Å². The highest BCUT2D eigenvalue weighted by Gasteiger charge is 2.38. The third kappa shape index (κ3) is 4.09. The number of aromatic amines is 1. The van der Waals surface area contributed by atoms with E-state index in [1.165, 1.54) is 11.3 Å². The van der Waals surface area contributed by atoms with Gasteiger partial charge in [0, 0.05) is 35.9 Å². The summed E-state index contributed by atoms with van der Waals surface area (Å²) in [6, 6.07) is 5.39. The number of rotatable bonds is 6. The fourth-order valence-corrected chi connectivity index (χ4v) is 4.53. The lowest BCUT2D eigenvalue weighted by atomic mass is 9.86. The fourth-order valence-electron chi connectivity index (χ4n) is 3.74. The number of amides is 2. The average molecular weight is 441 g/mol. The minimum absolute atomic E-state index is 0.316. The molecule has 31 heavy (non-hydrogen) atoms. The van der Waals surface area contributed by atoms with Gasteiger partial charge in [0.2, 0.25) is 5.91 Å². The van der Waals surface area contributed by atoms with Crippen LogP contribution in [0.4, 0.5) is 17.1 Å². The van der Waals surface area contributed by atoms with Crippen LogP contribution in [-0.2, 0) is 4.79 Å². The number of carbonyl (C=O) groups is 2.